The molecule has 1 rings (SSSR count). The number of aryl methyl sites for hydroxylation is 2. The first kappa shape index (κ1) is 15.2. The van der Waals surface area contributed by atoms with Gasteiger partial charge in [0.25, 0.3) is 0 Å². The predicted octanol–water partition coefficient (Wildman–Crippen LogP) is 4.23. The van der Waals surface area contributed by atoms with Gasteiger partial charge in [0.05, 0.1) is 0 Å². The van der Waals surface area contributed by atoms with E-state index in [0.717, 1.165) is 6.42 Å². The minimum absolute atomic E-state index is 0.344. The Labute approximate surface area is 113 Å². The van der Waals surface area contributed by atoms with Gasteiger partial charge in [-0.1, -0.05) is 19.9 Å². The summed E-state index contributed by atoms with van der Waals surface area (Å²) in [5, 5.41) is 0. The van der Waals surface area contributed by atoms with Crippen LogP contribution in [0, 0.1) is 33.6 Å². The van der Waals surface area contributed by atoms with Crippen LogP contribution in [0.3, 0.4) is 0 Å². The molecule has 102 valence electrons. The van der Waals surface area contributed by atoms with E-state index in [2.05, 4.69) is 47.6 Å². The van der Waals surface area contributed by atoms with Crippen molar-refractivity contribution < 1.29 is 0 Å². The lowest BCUT2D eigenvalue weighted by Crippen LogP contribution is -2.26. The molecule has 0 aliphatic rings. The van der Waals surface area contributed by atoms with Gasteiger partial charge in [0.1, 0.15) is 0 Å². The summed E-state index contributed by atoms with van der Waals surface area (Å²) in [5.41, 5.74) is 13.4. The number of hydrogen-bond acceptors (Lipinski definition) is 1. The molecule has 0 amide bonds. The van der Waals surface area contributed by atoms with Gasteiger partial charge in [-0.2, -0.15) is 0 Å². The molecule has 1 unspecified atom stereocenters. The third kappa shape index (κ3) is 3.58. The average Bonchev–Trinajstić information content (AvgIpc) is 2.30. The molecule has 0 fully saturated rings. The highest BCUT2D eigenvalue weighted by molar-refractivity contribution is 5.44. The third-order valence-corrected chi connectivity index (χ3v) is 4.34. The van der Waals surface area contributed by atoms with Gasteiger partial charge in [-0.05, 0) is 80.7 Å². The van der Waals surface area contributed by atoms with Gasteiger partial charge < -0.3 is 5.73 Å². The standard InChI is InChI=1S/C17H29N/c1-11(2)17(18)9-7-8-16-14(5)12(3)10-13(4)15(16)6/h10-11,17H,7-9,18H2,1-6H3. The van der Waals surface area contributed by atoms with E-state index in [1.54, 1.807) is 5.56 Å². The fourth-order valence-electron chi connectivity index (χ4n) is 2.52. The van der Waals surface area contributed by atoms with Crippen LogP contribution in [-0.4, -0.2) is 6.04 Å². The van der Waals surface area contributed by atoms with Gasteiger partial charge in [0.2, 0.25) is 0 Å². The Balaban J connectivity index is 2.73. The second kappa shape index (κ2) is 6.38. The van der Waals surface area contributed by atoms with Gasteiger partial charge in [0, 0.05) is 6.04 Å². The van der Waals surface area contributed by atoms with Crippen molar-refractivity contribution in [2.24, 2.45) is 11.7 Å². The predicted molar refractivity (Wildman–Crippen MR) is 81.1 cm³/mol. The molecule has 1 aromatic carbocycles. The molecule has 0 aromatic heterocycles. The van der Waals surface area contributed by atoms with Crippen molar-refractivity contribution in [3.8, 4) is 0 Å². The highest BCUT2D eigenvalue weighted by Gasteiger charge is 2.10. The SMILES string of the molecule is Cc1cc(C)c(C)c(CCCC(N)C(C)C)c1C. The van der Waals surface area contributed by atoms with E-state index in [9.17, 15) is 0 Å². The Morgan fingerprint density at radius 3 is 1.94 bits per heavy atom. The molecule has 0 spiro atoms. The molecule has 1 aromatic rings. The van der Waals surface area contributed by atoms with Crippen molar-refractivity contribution in [3.05, 3.63) is 33.9 Å². The van der Waals surface area contributed by atoms with Crippen molar-refractivity contribution in [1.82, 2.24) is 0 Å². The lowest BCUT2D eigenvalue weighted by atomic mass is 9.90. The number of nitrogens with two attached hydrogens (primary N) is 1. The van der Waals surface area contributed by atoms with Gasteiger partial charge in [0.15, 0.2) is 0 Å². The number of hydrogen-bond donors (Lipinski definition) is 1. The van der Waals surface area contributed by atoms with Crippen LogP contribution >= 0.6 is 0 Å². The summed E-state index contributed by atoms with van der Waals surface area (Å²) < 4.78 is 0. The fraction of sp³-hybridized carbons (Fsp3) is 0.647. The Morgan fingerprint density at radius 1 is 1.00 bits per heavy atom. The first-order valence-corrected chi connectivity index (χ1v) is 7.16. The van der Waals surface area contributed by atoms with Crippen LogP contribution < -0.4 is 5.73 Å². The van der Waals surface area contributed by atoms with Gasteiger partial charge >= 0.3 is 0 Å². The molecule has 0 heterocycles. The van der Waals surface area contributed by atoms with Crippen LogP contribution in [-0.2, 0) is 6.42 Å². The molecule has 1 nitrogen and oxygen atoms in total. The molecule has 0 aliphatic carbocycles. The molecule has 0 saturated carbocycles. The van der Waals surface area contributed by atoms with Crippen molar-refractivity contribution >= 4 is 0 Å². The van der Waals surface area contributed by atoms with Crippen LogP contribution in [0.2, 0.25) is 0 Å². The summed E-state index contributed by atoms with van der Waals surface area (Å²) in [5.74, 6) is 0.589. The average molecular weight is 247 g/mol. The highest BCUT2D eigenvalue weighted by Crippen LogP contribution is 2.23. The summed E-state index contributed by atoms with van der Waals surface area (Å²) in [6.45, 7) is 13.3. The van der Waals surface area contributed by atoms with Crippen molar-refractivity contribution in [2.45, 2.75) is 66.8 Å². The van der Waals surface area contributed by atoms with Gasteiger partial charge in [-0.15, -0.1) is 0 Å². The maximum atomic E-state index is 6.12. The quantitative estimate of drug-likeness (QED) is 0.828. The van der Waals surface area contributed by atoms with Gasteiger partial charge in [-0.25, -0.2) is 0 Å². The summed E-state index contributed by atoms with van der Waals surface area (Å²) in [6, 6.07) is 2.64. The zero-order chi connectivity index (χ0) is 13.9. The molecule has 0 bridgehead atoms. The second-order valence-corrected chi connectivity index (χ2v) is 6.04. The third-order valence-electron chi connectivity index (χ3n) is 4.34. The normalized spacial score (nSPS) is 13.1. The zero-order valence-corrected chi connectivity index (χ0v) is 12.9. The Bertz CT molecular complexity index is 378. The lowest BCUT2D eigenvalue weighted by molar-refractivity contribution is 0.452. The number of rotatable bonds is 5. The lowest BCUT2D eigenvalue weighted by Gasteiger charge is -2.18. The molecular weight excluding hydrogens is 218 g/mol. The zero-order valence-electron chi connectivity index (χ0n) is 12.9. The minimum atomic E-state index is 0.344. The van der Waals surface area contributed by atoms with E-state index in [4.69, 9.17) is 5.73 Å². The summed E-state index contributed by atoms with van der Waals surface area (Å²) >= 11 is 0. The highest BCUT2D eigenvalue weighted by atomic mass is 14.6. The minimum Gasteiger partial charge on any atom is -0.327 e. The molecule has 18 heavy (non-hydrogen) atoms. The van der Waals surface area contributed by atoms with E-state index in [0.29, 0.717) is 12.0 Å². The van der Waals surface area contributed by atoms with E-state index < -0.39 is 0 Å². The maximum Gasteiger partial charge on any atom is 0.00620 e. The Hall–Kier alpha value is -0.820. The first-order valence-electron chi connectivity index (χ1n) is 7.16. The van der Waals surface area contributed by atoms with Crippen LogP contribution in [0.15, 0.2) is 6.07 Å². The summed E-state index contributed by atoms with van der Waals surface area (Å²) in [4.78, 5) is 0. The number of benzene rings is 1. The van der Waals surface area contributed by atoms with Crippen molar-refractivity contribution in [2.75, 3.05) is 0 Å². The van der Waals surface area contributed by atoms with E-state index in [1.807, 2.05) is 0 Å². The van der Waals surface area contributed by atoms with E-state index >= 15 is 0 Å². The Kier molecular flexibility index (Phi) is 5.40. The van der Waals surface area contributed by atoms with Crippen LogP contribution in [0.25, 0.3) is 0 Å². The van der Waals surface area contributed by atoms with Crippen LogP contribution in [0.1, 0.15) is 54.5 Å². The maximum absolute atomic E-state index is 6.12. The van der Waals surface area contributed by atoms with Gasteiger partial charge in [-0.3, -0.25) is 0 Å². The first-order chi connectivity index (χ1) is 8.34. The van der Waals surface area contributed by atoms with Crippen LogP contribution in [0.4, 0.5) is 0 Å². The Morgan fingerprint density at radius 2 is 1.50 bits per heavy atom. The molecular formula is C17H29N. The summed E-state index contributed by atoms with van der Waals surface area (Å²) in [6.07, 6.45) is 3.49. The van der Waals surface area contributed by atoms with Crippen molar-refractivity contribution in [1.29, 1.82) is 0 Å². The summed E-state index contributed by atoms with van der Waals surface area (Å²) in [7, 11) is 0. The monoisotopic (exact) mass is 247 g/mol. The molecule has 0 radical (unpaired) electrons. The fourth-order valence-corrected chi connectivity index (χ4v) is 2.52. The molecule has 1 heteroatoms. The second-order valence-electron chi connectivity index (χ2n) is 6.04. The largest absolute Gasteiger partial charge is 0.327 e. The van der Waals surface area contributed by atoms with E-state index in [-0.39, 0.29) is 0 Å². The van der Waals surface area contributed by atoms with Crippen LogP contribution in [0.5, 0.6) is 0 Å². The molecule has 0 aliphatic heterocycles. The molecule has 0 saturated heterocycles. The topological polar surface area (TPSA) is 26.0 Å². The smallest absolute Gasteiger partial charge is 0.00620 e. The molecule has 1 atom stereocenters. The van der Waals surface area contributed by atoms with E-state index in [1.165, 1.54) is 35.1 Å². The molecule has 2 N–H and O–H groups in total. The van der Waals surface area contributed by atoms with Crippen molar-refractivity contribution in [3.63, 3.8) is 0 Å².